The van der Waals surface area contributed by atoms with E-state index < -0.39 is 0 Å². The molecular formula is C12H13ClN2O2S. The Bertz CT molecular complexity index is 550. The van der Waals surface area contributed by atoms with Crippen LogP contribution in [0.4, 0.5) is 0 Å². The minimum absolute atomic E-state index is 0.150. The first-order valence-corrected chi connectivity index (χ1v) is 6.76. The fourth-order valence-electron chi connectivity index (χ4n) is 1.57. The number of carbonyl (C=O) groups is 1. The van der Waals surface area contributed by atoms with Crippen molar-refractivity contribution in [2.45, 2.75) is 20.4 Å². The van der Waals surface area contributed by atoms with E-state index in [0.717, 1.165) is 9.21 Å². The van der Waals surface area contributed by atoms with Gasteiger partial charge in [-0.1, -0.05) is 16.8 Å². The summed E-state index contributed by atoms with van der Waals surface area (Å²) in [5.41, 5.74) is 0.702. The fraction of sp³-hybridized carbons (Fsp3) is 0.333. The Morgan fingerprint density at radius 3 is 2.83 bits per heavy atom. The molecule has 2 rings (SSSR count). The van der Waals surface area contributed by atoms with Gasteiger partial charge in [0.2, 0.25) is 5.76 Å². The number of aromatic nitrogens is 1. The molecule has 18 heavy (non-hydrogen) atoms. The molecule has 0 N–H and O–H groups in total. The van der Waals surface area contributed by atoms with Gasteiger partial charge >= 0.3 is 0 Å². The smallest absolute Gasteiger partial charge is 0.292 e. The molecule has 0 radical (unpaired) electrons. The third-order valence-corrected chi connectivity index (χ3v) is 3.70. The summed E-state index contributed by atoms with van der Waals surface area (Å²) in [6.45, 7) is 4.85. The largest absolute Gasteiger partial charge is 0.351 e. The first kappa shape index (κ1) is 13.1. The molecule has 6 heteroatoms. The number of aryl methyl sites for hydroxylation is 1. The van der Waals surface area contributed by atoms with Crippen LogP contribution in [0.3, 0.4) is 0 Å². The maximum atomic E-state index is 12.2. The van der Waals surface area contributed by atoms with Crippen LogP contribution in [0.25, 0.3) is 0 Å². The number of hydrogen-bond donors (Lipinski definition) is 0. The Labute approximate surface area is 114 Å². The predicted molar refractivity (Wildman–Crippen MR) is 71.0 cm³/mol. The Balaban J connectivity index is 2.11. The van der Waals surface area contributed by atoms with Crippen LogP contribution >= 0.6 is 22.9 Å². The Morgan fingerprint density at radius 1 is 1.56 bits per heavy atom. The first-order chi connectivity index (χ1) is 8.60. The summed E-state index contributed by atoms with van der Waals surface area (Å²) in [4.78, 5) is 14.9. The van der Waals surface area contributed by atoms with Crippen LogP contribution in [0.1, 0.15) is 28.0 Å². The zero-order valence-electron chi connectivity index (χ0n) is 10.1. The van der Waals surface area contributed by atoms with Gasteiger partial charge in [-0.25, -0.2) is 0 Å². The molecule has 2 aromatic rings. The molecule has 0 bridgehead atoms. The van der Waals surface area contributed by atoms with Gasteiger partial charge in [-0.2, -0.15) is 0 Å². The number of carbonyl (C=O) groups excluding carboxylic acids is 1. The highest BCUT2D eigenvalue weighted by molar-refractivity contribution is 7.16. The van der Waals surface area contributed by atoms with Crippen molar-refractivity contribution in [3.8, 4) is 0 Å². The van der Waals surface area contributed by atoms with Gasteiger partial charge in [0.1, 0.15) is 0 Å². The second-order valence-corrected chi connectivity index (χ2v) is 5.66. The molecule has 4 nitrogen and oxygen atoms in total. The molecule has 0 unspecified atom stereocenters. The number of amides is 1. The van der Waals surface area contributed by atoms with Gasteiger partial charge in [0, 0.05) is 17.5 Å². The minimum Gasteiger partial charge on any atom is -0.351 e. The highest BCUT2D eigenvalue weighted by Crippen LogP contribution is 2.23. The van der Waals surface area contributed by atoms with Crippen LogP contribution < -0.4 is 0 Å². The van der Waals surface area contributed by atoms with Gasteiger partial charge in [-0.05, 0) is 26.0 Å². The van der Waals surface area contributed by atoms with E-state index in [1.54, 1.807) is 17.9 Å². The lowest BCUT2D eigenvalue weighted by atomic mass is 10.3. The van der Waals surface area contributed by atoms with Crippen molar-refractivity contribution in [2.75, 3.05) is 6.54 Å². The zero-order chi connectivity index (χ0) is 13.1. The van der Waals surface area contributed by atoms with E-state index >= 15 is 0 Å². The summed E-state index contributed by atoms with van der Waals surface area (Å²) in [6, 6.07) is 5.40. The molecule has 0 aliphatic carbocycles. The third kappa shape index (κ3) is 2.91. The minimum atomic E-state index is -0.150. The average Bonchev–Trinajstić information content (AvgIpc) is 2.94. The highest BCUT2D eigenvalue weighted by atomic mass is 35.5. The van der Waals surface area contributed by atoms with E-state index in [0.29, 0.717) is 18.8 Å². The Morgan fingerprint density at radius 2 is 2.33 bits per heavy atom. The van der Waals surface area contributed by atoms with Crippen LogP contribution in [0.2, 0.25) is 4.34 Å². The summed E-state index contributed by atoms with van der Waals surface area (Å²) in [5.74, 6) is 0.125. The van der Waals surface area contributed by atoms with Crippen molar-refractivity contribution in [3.63, 3.8) is 0 Å². The molecule has 2 aromatic heterocycles. The SMILES string of the molecule is CCN(Cc1ccc(Cl)s1)C(=O)c1cc(C)no1. The summed E-state index contributed by atoms with van der Waals surface area (Å²) in [5, 5.41) is 3.72. The quantitative estimate of drug-likeness (QED) is 0.865. The van der Waals surface area contributed by atoms with E-state index in [1.807, 2.05) is 19.1 Å². The monoisotopic (exact) mass is 284 g/mol. The molecule has 0 saturated carbocycles. The van der Waals surface area contributed by atoms with E-state index in [-0.39, 0.29) is 11.7 Å². The van der Waals surface area contributed by atoms with E-state index in [4.69, 9.17) is 16.1 Å². The van der Waals surface area contributed by atoms with Crippen molar-refractivity contribution in [2.24, 2.45) is 0 Å². The van der Waals surface area contributed by atoms with Gasteiger partial charge in [0.25, 0.3) is 5.91 Å². The number of nitrogens with zero attached hydrogens (tertiary/aromatic N) is 2. The number of rotatable bonds is 4. The van der Waals surface area contributed by atoms with E-state index in [1.165, 1.54) is 11.3 Å². The molecule has 0 saturated heterocycles. The van der Waals surface area contributed by atoms with Gasteiger partial charge in [0.15, 0.2) is 0 Å². The van der Waals surface area contributed by atoms with Crippen molar-refractivity contribution >= 4 is 28.8 Å². The number of halogens is 1. The molecular weight excluding hydrogens is 272 g/mol. The normalized spacial score (nSPS) is 10.6. The average molecular weight is 285 g/mol. The van der Waals surface area contributed by atoms with Crippen LogP contribution in [-0.2, 0) is 6.54 Å². The van der Waals surface area contributed by atoms with E-state index in [9.17, 15) is 4.79 Å². The lowest BCUT2D eigenvalue weighted by molar-refractivity contribution is 0.0712. The molecule has 0 spiro atoms. The zero-order valence-corrected chi connectivity index (χ0v) is 11.7. The maximum Gasteiger partial charge on any atom is 0.292 e. The molecule has 0 aliphatic rings. The summed E-state index contributed by atoms with van der Waals surface area (Å²) in [6.07, 6.45) is 0. The van der Waals surface area contributed by atoms with Gasteiger partial charge in [-0.15, -0.1) is 11.3 Å². The molecule has 0 aliphatic heterocycles. The lowest BCUT2D eigenvalue weighted by Crippen LogP contribution is -2.29. The molecule has 2 heterocycles. The fourth-order valence-corrected chi connectivity index (χ4v) is 2.68. The summed E-state index contributed by atoms with van der Waals surface area (Å²) >= 11 is 7.35. The van der Waals surface area contributed by atoms with Crippen molar-refractivity contribution < 1.29 is 9.32 Å². The molecule has 0 fully saturated rings. The van der Waals surface area contributed by atoms with Gasteiger partial charge < -0.3 is 9.42 Å². The topological polar surface area (TPSA) is 46.3 Å². The van der Waals surface area contributed by atoms with Crippen LogP contribution in [-0.4, -0.2) is 22.5 Å². The highest BCUT2D eigenvalue weighted by Gasteiger charge is 2.19. The number of hydrogen-bond acceptors (Lipinski definition) is 4. The van der Waals surface area contributed by atoms with Crippen molar-refractivity contribution in [1.29, 1.82) is 0 Å². The standard InChI is InChI=1S/C12H13ClN2O2S/c1-3-15(7-9-4-5-11(13)18-9)12(16)10-6-8(2)14-17-10/h4-6H,3,7H2,1-2H3. The van der Waals surface area contributed by atoms with E-state index in [2.05, 4.69) is 5.16 Å². The Kier molecular flexibility index (Phi) is 4.04. The molecule has 0 aromatic carbocycles. The predicted octanol–water partition coefficient (Wildman–Crippen LogP) is 3.36. The van der Waals surface area contributed by atoms with Crippen LogP contribution in [0, 0.1) is 6.92 Å². The molecule has 0 atom stereocenters. The maximum absolute atomic E-state index is 12.2. The Hall–Kier alpha value is -1.33. The van der Waals surface area contributed by atoms with Crippen LogP contribution in [0.15, 0.2) is 22.7 Å². The van der Waals surface area contributed by atoms with Crippen molar-refractivity contribution in [1.82, 2.24) is 10.1 Å². The van der Waals surface area contributed by atoms with Crippen molar-refractivity contribution in [3.05, 3.63) is 38.9 Å². The van der Waals surface area contributed by atoms with Crippen LogP contribution in [0.5, 0.6) is 0 Å². The van der Waals surface area contributed by atoms with Gasteiger partial charge in [0.05, 0.1) is 16.6 Å². The van der Waals surface area contributed by atoms with Gasteiger partial charge in [-0.3, -0.25) is 4.79 Å². The lowest BCUT2D eigenvalue weighted by Gasteiger charge is -2.18. The first-order valence-electron chi connectivity index (χ1n) is 5.57. The third-order valence-electron chi connectivity index (χ3n) is 2.48. The second-order valence-electron chi connectivity index (χ2n) is 3.86. The molecule has 1 amide bonds. The second kappa shape index (κ2) is 5.54. The molecule has 96 valence electrons. The summed E-state index contributed by atoms with van der Waals surface area (Å²) < 4.78 is 5.71. The number of thiophene rings is 1. The summed E-state index contributed by atoms with van der Waals surface area (Å²) in [7, 11) is 0.